The number of amides is 1. The Morgan fingerprint density at radius 1 is 1.16 bits per heavy atom. The summed E-state index contributed by atoms with van der Waals surface area (Å²) in [5, 5.41) is 7.06. The van der Waals surface area contributed by atoms with Crippen LogP contribution in [0.15, 0.2) is 27.9 Å². The third-order valence-corrected chi connectivity index (χ3v) is 7.56. The van der Waals surface area contributed by atoms with Crippen molar-refractivity contribution in [3.63, 3.8) is 0 Å². The van der Waals surface area contributed by atoms with Crippen molar-refractivity contribution in [3.8, 4) is 0 Å². The highest BCUT2D eigenvalue weighted by atomic mass is 32.2. The Morgan fingerprint density at radius 2 is 1.94 bits per heavy atom. The van der Waals surface area contributed by atoms with Crippen molar-refractivity contribution in [1.29, 1.82) is 0 Å². The lowest BCUT2D eigenvalue weighted by Crippen LogP contribution is -2.40. The Morgan fingerprint density at radius 3 is 2.71 bits per heavy atom. The topological polar surface area (TPSA) is 116 Å². The molecule has 168 valence electrons. The molecule has 0 unspecified atom stereocenters. The summed E-state index contributed by atoms with van der Waals surface area (Å²) in [6.07, 6.45) is 3.69. The molecule has 0 bridgehead atoms. The van der Waals surface area contributed by atoms with E-state index in [9.17, 15) is 18.0 Å². The Bertz CT molecular complexity index is 1130. The number of hydrogen-bond acceptors (Lipinski definition) is 6. The smallest absolute Gasteiger partial charge is 0.346 e. The maximum atomic E-state index is 12.9. The van der Waals surface area contributed by atoms with Crippen LogP contribution in [0.25, 0.3) is 0 Å². The standard InChI is InChI=1S/C20H27N5O5S/c1-15-6-7-16(31(28,29)23-9-11-30-12-10-23)13-17(15)21-19(26)14-25-20(27)24-8-4-2-3-5-18(24)22-25/h6-7,13H,2-5,8-12,14H2,1H3,(H,21,26). The van der Waals surface area contributed by atoms with Gasteiger partial charge in [-0.2, -0.15) is 9.40 Å². The summed E-state index contributed by atoms with van der Waals surface area (Å²) >= 11 is 0. The third-order valence-electron chi connectivity index (χ3n) is 5.67. The zero-order valence-corrected chi connectivity index (χ0v) is 18.4. The molecular weight excluding hydrogens is 422 g/mol. The number of aryl methyl sites for hydroxylation is 2. The predicted molar refractivity (Wildman–Crippen MR) is 113 cm³/mol. The van der Waals surface area contributed by atoms with E-state index in [1.807, 2.05) is 0 Å². The first kappa shape index (κ1) is 21.7. The van der Waals surface area contributed by atoms with Gasteiger partial charge in [-0.25, -0.2) is 17.9 Å². The van der Waals surface area contributed by atoms with Crippen molar-refractivity contribution in [3.05, 3.63) is 40.1 Å². The Kier molecular flexibility index (Phi) is 6.26. The second-order valence-corrected chi connectivity index (χ2v) is 9.80. The SMILES string of the molecule is Cc1ccc(S(=O)(=O)N2CCOCC2)cc1NC(=O)Cn1nc2n(c1=O)CCCCC2. The van der Waals surface area contributed by atoms with Gasteiger partial charge in [-0.1, -0.05) is 12.5 Å². The fourth-order valence-corrected chi connectivity index (χ4v) is 5.32. The average Bonchev–Trinajstić information content (AvgIpc) is 2.92. The van der Waals surface area contributed by atoms with E-state index in [0.717, 1.165) is 31.2 Å². The van der Waals surface area contributed by atoms with Gasteiger partial charge in [-0.3, -0.25) is 9.36 Å². The van der Waals surface area contributed by atoms with E-state index in [2.05, 4.69) is 10.4 Å². The number of carbonyl (C=O) groups excluding carboxylic acids is 1. The molecule has 1 saturated heterocycles. The van der Waals surface area contributed by atoms with Crippen LogP contribution in [0, 0.1) is 6.92 Å². The van der Waals surface area contributed by atoms with Crippen molar-refractivity contribution >= 4 is 21.6 Å². The number of aromatic nitrogens is 3. The summed E-state index contributed by atoms with van der Waals surface area (Å²) in [6, 6.07) is 4.66. The van der Waals surface area contributed by atoms with E-state index in [1.165, 1.54) is 21.1 Å². The molecule has 11 heteroatoms. The molecule has 0 aliphatic carbocycles. The van der Waals surface area contributed by atoms with Crippen LogP contribution in [0.3, 0.4) is 0 Å². The lowest BCUT2D eigenvalue weighted by molar-refractivity contribution is -0.117. The van der Waals surface area contributed by atoms with Crippen molar-refractivity contribution in [2.45, 2.75) is 50.6 Å². The van der Waals surface area contributed by atoms with Gasteiger partial charge in [-0.15, -0.1) is 0 Å². The second kappa shape index (κ2) is 8.93. The molecule has 1 aromatic carbocycles. The molecule has 2 aliphatic rings. The van der Waals surface area contributed by atoms with E-state index in [4.69, 9.17) is 4.74 Å². The molecule has 1 amide bonds. The molecule has 1 fully saturated rings. The minimum Gasteiger partial charge on any atom is -0.379 e. The van der Waals surface area contributed by atoms with Gasteiger partial charge < -0.3 is 10.1 Å². The number of benzene rings is 1. The number of nitrogens with one attached hydrogen (secondary N) is 1. The fraction of sp³-hybridized carbons (Fsp3) is 0.550. The lowest BCUT2D eigenvalue weighted by atomic mass is 10.2. The summed E-state index contributed by atoms with van der Waals surface area (Å²) in [6.45, 7) is 3.49. The van der Waals surface area contributed by atoms with Crippen LogP contribution in [0.5, 0.6) is 0 Å². The van der Waals surface area contributed by atoms with Crippen molar-refractivity contribution in [2.24, 2.45) is 0 Å². The number of morpholine rings is 1. The zero-order chi connectivity index (χ0) is 22.0. The van der Waals surface area contributed by atoms with Gasteiger partial charge in [0.05, 0.1) is 18.1 Å². The molecule has 0 radical (unpaired) electrons. The molecule has 0 saturated carbocycles. The van der Waals surface area contributed by atoms with Gasteiger partial charge in [0.1, 0.15) is 12.4 Å². The van der Waals surface area contributed by atoms with Gasteiger partial charge in [0.15, 0.2) is 0 Å². The van der Waals surface area contributed by atoms with E-state index in [1.54, 1.807) is 17.6 Å². The Labute approximate surface area is 180 Å². The van der Waals surface area contributed by atoms with Gasteiger partial charge in [0.25, 0.3) is 0 Å². The number of fused-ring (bicyclic) bond motifs is 1. The van der Waals surface area contributed by atoms with E-state index >= 15 is 0 Å². The van der Waals surface area contributed by atoms with Gasteiger partial charge in [0.2, 0.25) is 15.9 Å². The Balaban J connectivity index is 1.51. The monoisotopic (exact) mass is 449 g/mol. The largest absolute Gasteiger partial charge is 0.379 e. The molecule has 0 atom stereocenters. The normalized spacial score (nSPS) is 17.7. The molecule has 1 aromatic heterocycles. The number of carbonyl (C=O) groups is 1. The Hall–Kier alpha value is -2.50. The zero-order valence-electron chi connectivity index (χ0n) is 17.5. The average molecular weight is 450 g/mol. The van der Waals surface area contributed by atoms with Crippen LogP contribution in [0.4, 0.5) is 5.69 Å². The van der Waals surface area contributed by atoms with Gasteiger partial charge in [-0.05, 0) is 37.5 Å². The molecular formula is C20H27N5O5S. The minimum atomic E-state index is -3.68. The van der Waals surface area contributed by atoms with Crippen molar-refractivity contribution < 1.29 is 17.9 Å². The molecule has 2 aliphatic heterocycles. The quantitative estimate of drug-likeness (QED) is 0.720. The van der Waals surface area contributed by atoms with Crippen LogP contribution in [0.2, 0.25) is 0 Å². The number of hydrogen-bond donors (Lipinski definition) is 1. The molecule has 1 N–H and O–H groups in total. The van der Waals surface area contributed by atoms with Crippen LogP contribution in [0.1, 0.15) is 30.7 Å². The highest BCUT2D eigenvalue weighted by Gasteiger charge is 2.27. The van der Waals surface area contributed by atoms with Crippen molar-refractivity contribution in [1.82, 2.24) is 18.7 Å². The van der Waals surface area contributed by atoms with E-state index in [-0.39, 0.29) is 17.1 Å². The molecule has 0 spiro atoms. The maximum Gasteiger partial charge on any atom is 0.346 e. The first-order chi connectivity index (χ1) is 14.9. The number of rotatable bonds is 5. The summed E-state index contributed by atoms with van der Waals surface area (Å²) in [5.74, 6) is 0.282. The van der Waals surface area contributed by atoms with Crippen LogP contribution >= 0.6 is 0 Å². The first-order valence-corrected chi connectivity index (χ1v) is 12.0. The van der Waals surface area contributed by atoms with Crippen LogP contribution < -0.4 is 11.0 Å². The maximum absolute atomic E-state index is 12.9. The number of sulfonamides is 1. The number of ether oxygens (including phenoxy) is 1. The second-order valence-electron chi connectivity index (χ2n) is 7.86. The fourth-order valence-electron chi connectivity index (χ4n) is 3.89. The number of nitrogens with zero attached hydrogens (tertiary/aromatic N) is 4. The third kappa shape index (κ3) is 4.58. The number of anilines is 1. The minimum absolute atomic E-state index is 0.112. The van der Waals surface area contributed by atoms with Gasteiger partial charge >= 0.3 is 5.69 Å². The van der Waals surface area contributed by atoms with Crippen LogP contribution in [-0.4, -0.2) is 59.3 Å². The highest BCUT2D eigenvalue weighted by molar-refractivity contribution is 7.89. The molecule has 2 aromatic rings. The van der Waals surface area contributed by atoms with Crippen molar-refractivity contribution in [2.75, 3.05) is 31.6 Å². The summed E-state index contributed by atoms with van der Waals surface area (Å²) in [4.78, 5) is 25.3. The summed E-state index contributed by atoms with van der Waals surface area (Å²) in [5.41, 5.74) is 0.836. The highest BCUT2D eigenvalue weighted by Crippen LogP contribution is 2.23. The first-order valence-electron chi connectivity index (χ1n) is 10.5. The summed E-state index contributed by atoms with van der Waals surface area (Å²) in [7, 11) is -3.68. The van der Waals surface area contributed by atoms with Crippen LogP contribution in [-0.2, 0) is 39.1 Å². The lowest BCUT2D eigenvalue weighted by Gasteiger charge is -2.26. The molecule has 31 heavy (non-hydrogen) atoms. The molecule has 4 rings (SSSR count). The summed E-state index contributed by atoms with van der Waals surface area (Å²) < 4.78 is 35.3. The molecule has 10 nitrogen and oxygen atoms in total. The molecule has 3 heterocycles. The van der Waals surface area contributed by atoms with E-state index in [0.29, 0.717) is 44.4 Å². The van der Waals surface area contributed by atoms with E-state index < -0.39 is 15.9 Å². The predicted octanol–water partition coefficient (Wildman–Crippen LogP) is 0.739. The van der Waals surface area contributed by atoms with Gasteiger partial charge in [0, 0.05) is 31.7 Å².